The molecule has 10 heteroatoms. The van der Waals surface area contributed by atoms with Gasteiger partial charge in [0.1, 0.15) is 18.1 Å². The highest BCUT2D eigenvalue weighted by molar-refractivity contribution is 7.15. The normalized spacial score (nSPS) is 10.3. The summed E-state index contributed by atoms with van der Waals surface area (Å²) in [5.74, 6) is 0.591. The molecule has 0 atom stereocenters. The fourth-order valence-corrected chi connectivity index (χ4v) is 2.80. The first-order chi connectivity index (χ1) is 13.5. The van der Waals surface area contributed by atoms with Crippen LogP contribution in [0.2, 0.25) is 0 Å². The van der Waals surface area contributed by atoms with Crippen LogP contribution in [0.25, 0.3) is 0 Å². The van der Waals surface area contributed by atoms with Gasteiger partial charge < -0.3 is 9.47 Å². The molecule has 0 bridgehead atoms. The van der Waals surface area contributed by atoms with Crippen molar-refractivity contribution in [1.29, 1.82) is 0 Å². The van der Waals surface area contributed by atoms with Crippen molar-refractivity contribution in [3.63, 3.8) is 0 Å². The number of amides is 1. The first-order valence-electron chi connectivity index (χ1n) is 8.18. The van der Waals surface area contributed by atoms with Crippen LogP contribution in [0.15, 0.2) is 48.5 Å². The zero-order chi connectivity index (χ0) is 19.9. The number of aromatic nitrogens is 2. The fourth-order valence-electron chi connectivity index (χ4n) is 2.13. The van der Waals surface area contributed by atoms with E-state index in [2.05, 4.69) is 15.5 Å². The largest absolute Gasteiger partial charge is 0.486 e. The lowest BCUT2D eigenvalue weighted by Crippen LogP contribution is -2.20. The SMILES string of the molecule is Cc1ccc(OCC(=O)Nc2nnc(COc3cccc([N+](=O)[O-])c3)s2)cc1. The molecular formula is C18H16N4O5S. The van der Waals surface area contributed by atoms with E-state index in [4.69, 9.17) is 9.47 Å². The van der Waals surface area contributed by atoms with Gasteiger partial charge in [-0.15, -0.1) is 10.2 Å². The smallest absolute Gasteiger partial charge is 0.273 e. The van der Waals surface area contributed by atoms with Gasteiger partial charge in [-0.1, -0.05) is 35.1 Å². The summed E-state index contributed by atoms with van der Waals surface area (Å²) in [5.41, 5.74) is 1.04. The van der Waals surface area contributed by atoms with E-state index in [1.807, 2.05) is 19.1 Å². The van der Waals surface area contributed by atoms with E-state index in [1.165, 1.54) is 18.2 Å². The van der Waals surface area contributed by atoms with Crippen LogP contribution in [-0.4, -0.2) is 27.6 Å². The standard InChI is InChI=1S/C18H16N4O5S/c1-12-5-7-14(8-6-12)26-10-16(23)19-18-21-20-17(28-18)11-27-15-4-2-3-13(9-15)22(24)25/h2-9H,10-11H2,1H3,(H,19,21,23). The third-order valence-electron chi connectivity index (χ3n) is 3.49. The van der Waals surface area contributed by atoms with Crippen LogP contribution in [0.5, 0.6) is 11.5 Å². The van der Waals surface area contributed by atoms with Gasteiger partial charge in [-0.2, -0.15) is 0 Å². The molecule has 0 aliphatic carbocycles. The molecule has 1 N–H and O–H groups in total. The minimum absolute atomic E-state index is 0.0590. The molecule has 0 aliphatic heterocycles. The number of nitrogens with zero attached hydrogens (tertiary/aromatic N) is 3. The molecule has 0 saturated carbocycles. The summed E-state index contributed by atoms with van der Waals surface area (Å²) in [6, 6.07) is 13.2. The van der Waals surface area contributed by atoms with Crippen LogP contribution in [-0.2, 0) is 11.4 Å². The second-order valence-electron chi connectivity index (χ2n) is 5.69. The van der Waals surface area contributed by atoms with Gasteiger partial charge in [0, 0.05) is 6.07 Å². The predicted octanol–water partition coefficient (Wildman–Crippen LogP) is 3.35. The van der Waals surface area contributed by atoms with Crippen molar-refractivity contribution in [3.05, 3.63) is 69.2 Å². The number of anilines is 1. The second kappa shape index (κ2) is 8.91. The lowest BCUT2D eigenvalue weighted by atomic mass is 10.2. The summed E-state index contributed by atoms with van der Waals surface area (Å²) >= 11 is 1.15. The number of hydrogen-bond acceptors (Lipinski definition) is 8. The average Bonchev–Trinajstić information content (AvgIpc) is 3.13. The first-order valence-corrected chi connectivity index (χ1v) is 9.00. The Hall–Kier alpha value is -3.53. The van der Waals surface area contributed by atoms with Gasteiger partial charge in [0.2, 0.25) is 5.13 Å². The van der Waals surface area contributed by atoms with E-state index in [9.17, 15) is 14.9 Å². The maximum atomic E-state index is 12.0. The second-order valence-corrected chi connectivity index (χ2v) is 6.76. The van der Waals surface area contributed by atoms with Gasteiger partial charge in [-0.3, -0.25) is 20.2 Å². The maximum Gasteiger partial charge on any atom is 0.273 e. The zero-order valence-electron chi connectivity index (χ0n) is 14.8. The fraction of sp³-hybridized carbons (Fsp3) is 0.167. The number of nitro benzene ring substituents is 1. The predicted molar refractivity (Wildman–Crippen MR) is 103 cm³/mol. The summed E-state index contributed by atoms with van der Waals surface area (Å²) in [6.07, 6.45) is 0. The molecule has 0 spiro atoms. The molecule has 28 heavy (non-hydrogen) atoms. The molecular weight excluding hydrogens is 384 g/mol. The quantitative estimate of drug-likeness (QED) is 0.455. The third-order valence-corrected chi connectivity index (χ3v) is 4.31. The van der Waals surface area contributed by atoms with Crippen LogP contribution < -0.4 is 14.8 Å². The van der Waals surface area contributed by atoms with Crippen molar-refractivity contribution in [2.45, 2.75) is 13.5 Å². The average molecular weight is 400 g/mol. The number of hydrogen-bond donors (Lipinski definition) is 1. The van der Waals surface area contributed by atoms with Gasteiger partial charge >= 0.3 is 0 Å². The topological polar surface area (TPSA) is 116 Å². The van der Waals surface area contributed by atoms with Gasteiger partial charge in [0.15, 0.2) is 11.6 Å². The van der Waals surface area contributed by atoms with E-state index in [-0.39, 0.29) is 24.8 Å². The Balaban J connectivity index is 1.48. The number of aryl methyl sites for hydroxylation is 1. The summed E-state index contributed by atoms with van der Waals surface area (Å²) in [7, 11) is 0. The number of nitrogens with one attached hydrogen (secondary N) is 1. The van der Waals surface area contributed by atoms with Crippen LogP contribution in [0.1, 0.15) is 10.6 Å². The molecule has 0 fully saturated rings. The van der Waals surface area contributed by atoms with Gasteiger partial charge in [0.05, 0.1) is 11.0 Å². The van der Waals surface area contributed by atoms with E-state index >= 15 is 0 Å². The Labute approximate surface area is 164 Å². The highest BCUT2D eigenvalue weighted by Gasteiger charge is 2.11. The molecule has 0 aliphatic rings. The Kier molecular flexibility index (Phi) is 6.12. The molecule has 1 aromatic heterocycles. The zero-order valence-corrected chi connectivity index (χ0v) is 15.6. The van der Waals surface area contributed by atoms with Crippen LogP contribution in [0, 0.1) is 17.0 Å². The van der Waals surface area contributed by atoms with E-state index in [1.54, 1.807) is 18.2 Å². The summed E-state index contributed by atoms with van der Waals surface area (Å²) < 4.78 is 10.9. The summed E-state index contributed by atoms with van der Waals surface area (Å²) in [6.45, 7) is 1.89. The lowest BCUT2D eigenvalue weighted by molar-refractivity contribution is -0.384. The van der Waals surface area contributed by atoms with Crippen molar-refractivity contribution < 1.29 is 19.2 Å². The number of ether oxygens (including phenoxy) is 2. The van der Waals surface area contributed by atoms with E-state index < -0.39 is 4.92 Å². The number of carbonyl (C=O) groups excluding carboxylic acids is 1. The van der Waals surface area contributed by atoms with Gasteiger partial charge in [0.25, 0.3) is 11.6 Å². The van der Waals surface area contributed by atoms with Crippen molar-refractivity contribution >= 4 is 28.1 Å². The number of rotatable bonds is 8. The Morgan fingerprint density at radius 3 is 2.68 bits per heavy atom. The molecule has 0 radical (unpaired) electrons. The molecule has 1 amide bonds. The molecule has 3 aromatic rings. The minimum Gasteiger partial charge on any atom is -0.486 e. The van der Waals surface area contributed by atoms with Crippen LogP contribution in [0.3, 0.4) is 0 Å². The third kappa shape index (κ3) is 5.48. The van der Waals surface area contributed by atoms with Gasteiger partial charge in [-0.25, -0.2) is 0 Å². The number of benzene rings is 2. The number of non-ortho nitro benzene ring substituents is 1. The Morgan fingerprint density at radius 1 is 1.14 bits per heavy atom. The number of nitro groups is 1. The van der Waals surface area contributed by atoms with Gasteiger partial charge in [-0.05, 0) is 25.1 Å². The molecule has 2 aromatic carbocycles. The molecule has 3 rings (SSSR count). The monoisotopic (exact) mass is 400 g/mol. The summed E-state index contributed by atoms with van der Waals surface area (Å²) in [5, 5.41) is 22.0. The minimum atomic E-state index is -0.496. The van der Waals surface area contributed by atoms with Crippen molar-refractivity contribution in [3.8, 4) is 11.5 Å². The Morgan fingerprint density at radius 2 is 1.93 bits per heavy atom. The number of carbonyl (C=O) groups is 1. The maximum absolute atomic E-state index is 12.0. The molecule has 144 valence electrons. The molecule has 1 heterocycles. The van der Waals surface area contributed by atoms with E-state index in [0.29, 0.717) is 21.6 Å². The lowest BCUT2D eigenvalue weighted by Gasteiger charge is -2.05. The first kappa shape index (κ1) is 19.2. The van der Waals surface area contributed by atoms with E-state index in [0.717, 1.165) is 16.9 Å². The van der Waals surface area contributed by atoms with Crippen molar-refractivity contribution in [2.75, 3.05) is 11.9 Å². The van der Waals surface area contributed by atoms with Crippen LogP contribution in [0.4, 0.5) is 10.8 Å². The molecule has 9 nitrogen and oxygen atoms in total. The Bertz CT molecular complexity index is 974. The molecule has 0 saturated heterocycles. The highest BCUT2D eigenvalue weighted by Crippen LogP contribution is 2.22. The van der Waals surface area contributed by atoms with Crippen LogP contribution >= 0.6 is 11.3 Å². The van der Waals surface area contributed by atoms with Crippen molar-refractivity contribution in [2.24, 2.45) is 0 Å². The summed E-state index contributed by atoms with van der Waals surface area (Å²) in [4.78, 5) is 22.2. The van der Waals surface area contributed by atoms with Crippen molar-refractivity contribution in [1.82, 2.24) is 10.2 Å². The highest BCUT2D eigenvalue weighted by atomic mass is 32.1. The molecule has 0 unspecified atom stereocenters.